The molecule has 2 heterocycles. The summed E-state index contributed by atoms with van der Waals surface area (Å²) in [6, 6.07) is 24.2. The molecule has 0 radical (unpaired) electrons. The number of nitrogens with zero attached hydrogens (tertiary/aromatic N) is 2. The topological polar surface area (TPSA) is 48.1 Å². The van der Waals surface area contributed by atoms with Crippen LogP contribution in [0.4, 0.5) is 5.69 Å². The molecular weight excluding hydrogens is 372 g/mol. The fraction of sp³-hybridized carbons (Fsp3) is 0.231. The Morgan fingerprint density at radius 3 is 2.27 bits per heavy atom. The molecule has 150 valence electrons. The van der Waals surface area contributed by atoms with Crippen molar-refractivity contribution < 1.29 is 4.92 Å². The lowest BCUT2D eigenvalue weighted by Crippen LogP contribution is -2.41. The quantitative estimate of drug-likeness (QED) is 0.287. The van der Waals surface area contributed by atoms with Crippen LogP contribution >= 0.6 is 0 Å². The normalized spacial score (nSPS) is 19.7. The molecular formula is C26H24N2O2. The number of para-hydroxylation sites is 1. The predicted octanol–water partition coefficient (Wildman–Crippen LogP) is 6.66. The maximum Gasteiger partial charge on any atom is 0.269 e. The Kier molecular flexibility index (Phi) is 3.91. The van der Waals surface area contributed by atoms with E-state index in [-0.39, 0.29) is 21.6 Å². The number of hydrogen-bond acceptors (Lipinski definition) is 2. The van der Waals surface area contributed by atoms with Crippen molar-refractivity contribution in [2.45, 2.75) is 38.1 Å². The molecule has 30 heavy (non-hydrogen) atoms. The van der Waals surface area contributed by atoms with Crippen molar-refractivity contribution in [2.75, 3.05) is 0 Å². The smallest absolute Gasteiger partial charge is 0.269 e. The first kappa shape index (κ1) is 18.6. The maximum absolute atomic E-state index is 11.1. The highest BCUT2D eigenvalue weighted by Gasteiger charge is 2.43. The van der Waals surface area contributed by atoms with Gasteiger partial charge in [-0.3, -0.25) is 10.1 Å². The number of aromatic nitrogens is 1. The highest BCUT2D eigenvalue weighted by Crippen LogP contribution is 2.51. The third kappa shape index (κ3) is 2.60. The van der Waals surface area contributed by atoms with Gasteiger partial charge >= 0.3 is 0 Å². The highest BCUT2D eigenvalue weighted by atomic mass is 16.6. The van der Waals surface area contributed by atoms with Gasteiger partial charge in [-0.15, -0.1) is 0 Å². The molecule has 5 rings (SSSR count). The Bertz CT molecular complexity index is 1270. The van der Waals surface area contributed by atoms with Gasteiger partial charge in [-0.05, 0) is 49.1 Å². The fourth-order valence-corrected chi connectivity index (χ4v) is 5.31. The van der Waals surface area contributed by atoms with Crippen LogP contribution in [0.2, 0.25) is 0 Å². The zero-order valence-electron chi connectivity index (χ0n) is 17.4. The summed E-state index contributed by atoms with van der Waals surface area (Å²) >= 11 is 0. The van der Waals surface area contributed by atoms with Crippen LogP contribution in [-0.4, -0.2) is 9.49 Å². The molecule has 4 heteroatoms. The Balaban J connectivity index is 1.78. The lowest BCUT2D eigenvalue weighted by Gasteiger charge is -2.45. The molecule has 1 aliphatic heterocycles. The minimum absolute atomic E-state index is 0.0732. The van der Waals surface area contributed by atoms with Gasteiger partial charge in [-0.1, -0.05) is 55.5 Å². The van der Waals surface area contributed by atoms with Crippen molar-refractivity contribution in [1.29, 1.82) is 0 Å². The van der Waals surface area contributed by atoms with E-state index >= 15 is 0 Å². The van der Waals surface area contributed by atoms with E-state index < -0.39 is 0 Å². The average Bonchev–Trinajstić information content (AvgIpc) is 3.14. The molecule has 0 amide bonds. The van der Waals surface area contributed by atoms with Crippen molar-refractivity contribution in [3.8, 4) is 11.1 Å². The van der Waals surface area contributed by atoms with E-state index in [0.29, 0.717) is 0 Å². The first-order chi connectivity index (χ1) is 14.3. The predicted molar refractivity (Wildman–Crippen MR) is 121 cm³/mol. The van der Waals surface area contributed by atoms with Gasteiger partial charge < -0.3 is 4.57 Å². The Hall–Kier alpha value is -3.40. The number of nitro benzene ring substituents is 1. The van der Waals surface area contributed by atoms with Gasteiger partial charge in [0.1, 0.15) is 0 Å². The van der Waals surface area contributed by atoms with Crippen molar-refractivity contribution >= 4 is 16.6 Å². The molecule has 0 N–H and O–H groups in total. The largest absolute Gasteiger partial charge is 0.341 e. The van der Waals surface area contributed by atoms with Gasteiger partial charge in [0, 0.05) is 40.2 Å². The summed E-state index contributed by atoms with van der Waals surface area (Å²) in [6.07, 6.45) is 3.21. The van der Waals surface area contributed by atoms with E-state index in [9.17, 15) is 10.1 Å². The third-order valence-corrected chi connectivity index (χ3v) is 6.66. The second-order valence-electron chi connectivity index (χ2n) is 9.11. The molecule has 3 aromatic carbocycles. The Morgan fingerprint density at radius 2 is 1.60 bits per heavy atom. The number of nitro groups is 1. The summed E-state index contributed by atoms with van der Waals surface area (Å²) in [5.41, 5.74) is 5.99. The lowest BCUT2D eigenvalue weighted by molar-refractivity contribution is -0.384. The minimum Gasteiger partial charge on any atom is -0.341 e. The summed E-state index contributed by atoms with van der Waals surface area (Å²) in [4.78, 5) is 10.7. The lowest BCUT2D eigenvalue weighted by atomic mass is 9.66. The van der Waals surface area contributed by atoms with Crippen LogP contribution in [-0.2, 0) is 11.0 Å². The number of hydrogen-bond donors (Lipinski definition) is 0. The molecule has 0 spiro atoms. The molecule has 1 aliphatic rings. The standard InChI is InChI=1S/C26H24N2O2/c1-25(2)17-26(3,19-8-5-4-6-9-19)23-11-7-10-21-22(16-27(25)24(21)23)18-12-14-20(15-13-18)28(29)30/h4-16H,17H2,1-3H3/t26-/m1/s1. The summed E-state index contributed by atoms with van der Waals surface area (Å²) in [6.45, 7) is 6.94. The van der Waals surface area contributed by atoms with Crippen LogP contribution in [0.25, 0.3) is 22.0 Å². The molecule has 0 unspecified atom stereocenters. The van der Waals surface area contributed by atoms with Crippen LogP contribution in [0.1, 0.15) is 38.3 Å². The van der Waals surface area contributed by atoms with E-state index in [1.807, 2.05) is 12.1 Å². The van der Waals surface area contributed by atoms with E-state index in [1.165, 1.54) is 22.0 Å². The van der Waals surface area contributed by atoms with Gasteiger partial charge in [-0.2, -0.15) is 0 Å². The zero-order chi connectivity index (χ0) is 21.1. The number of rotatable bonds is 3. The molecule has 4 nitrogen and oxygen atoms in total. The molecule has 1 aromatic heterocycles. The second-order valence-corrected chi connectivity index (χ2v) is 9.11. The Morgan fingerprint density at radius 1 is 0.900 bits per heavy atom. The molecule has 0 aliphatic carbocycles. The van der Waals surface area contributed by atoms with Crippen molar-refractivity contribution in [1.82, 2.24) is 4.57 Å². The maximum atomic E-state index is 11.1. The van der Waals surface area contributed by atoms with Gasteiger partial charge in [-0.25, -0.2) is 0 Å². The third-order valence-electron chi connectivity index (χ3n) is 6.66. The van der Waals surface area contributed by atoms with Crippen LogP contribution in [0.5, 0.6) is 0 Å². The highest BCUT2D eigenvalue weighted by molar-refractivity contribution is 5.99. The SMILES string of the molecule is CC1(C)C[C@](C)(c2ccccc2)c2cccc3c(-c4ccc([N+](=O)[O-])cc4)cn1c23. The van der Waals surface area contributed by atoms with E-state index in [0.717, 1.165) is 17.5 Å². The number of benzene rings is 3. The summed E-state index contributed by atoms with van der Waals surface area (Å²) in [5, 5.41) is 12.2. The molecule has 0 bridgehead atoms. The molecule has 0 saturated carbocycles. The zero-order valence-corrected chi connectivity index (χ0v) is 17.4. The van der Waals surface area contributed by atoms with Gasteiger partial charge in [0.05, 0.1) is 10.4 Å². The van der Waals surface area contributed by atoms with Gasteiger partial charge in [0.25, 0.3) is 5.69 Å². The molecule has 0 saturated heterocycles. The Labute approximate surface area is 175 Å². The van der Waals surface area contributed by atoms with Crippen molar-refractivity contribution in [2.24, 2.45) is 0 Å². The second kappa shape index (κ2) is 6.30. The van der Waals surface area contributed by atoms with Crippen LogP contribution in [0.3, 0.4) is 0 Å². The van der Waals surface area contributed by atoms with Gasteiger partial charge in [0.2, 0.25) is 0 Å². The average molecular weight is 396 g/mol. The van der Waals surface area contributed by atoms with Crippen molar-refractivity contribution in [3.05, 3.63) is 100 Å². The van der Waals surface area contributed by atoms with Crippen LogP contribution in [0.15, 0.2) is 79.0 Å². The monoisotopic (exact) mass is 396 g/mol. The first-order valence-electron chi connectivity index (χ1n) is 10.3. The molecule has 0 fully saturated rings. The van der Waals surface area contributed by atoms with Crippen LogP contribution in [0, 0.1) is 10.1 Å². The van der Waals surface area contributed by atoms with E-state index in [2.05, 4.69) is 80.1 Å². The number of non-ortho nitro benzene ring substituents is 1. The molecule has 1 atom stereocenters. The van der Waals surface area contributed by atoms with E-state index in [1.54, 1.807) is 12.1 Å². The molecule has 4 aromatic rings. The summed E-state index contributed by atoms with van der Waals surface area (Å²) in [7, 11) is 0. The van der Waals surface area contributed by atoms with Crippen molar-refractivity contribution in [3.63, 3.8) is 0 Å². The van der Waals surface area contributed by atoms with Gasteiger partial charge in [0.15, 0.2) is 0 Å². The summed E-state index contributed by atoms with van der Waals surface area (Å²) in [5.74, 6) is 0. The fourth-order valence-electron chi connectivity index (χ4n) is 5.31. The first-order valence-corrected chi connectivity index (χ1v) is 10.3. The van der Waals surface area contributed by atoms with E-state index in [4.69, 9.17) is 0 Å². The van der Waals surface area contributed by atoms with Crippen LogP contribution < -0.4 is 0 Å². The summed E-state index contributed by atoms with van der Waals surface area (Å²) < 4.78 is 2.40. The minimum atomic E-state index is -0.353.